The lowest BCUT2D eigenvalue weighted by molar-refractivity contribution is 0.199. The second kappa shape index (κ2) is 8.49. The van der Waals surface area contributed by atoms with E-state index >= 15 is 0 Å². The number of amides is 2. The summed E-state index contributed by atoms with van der Waals surface area (Å²) in [7, 11) is 0. The molecule has 1 aromatic heterocycles. The third-order valence-corrected chi connectivity index (χ3v) is 3.84. The standard InChI is InChI=1S/C17H20ClFN4O/c1-3-9-23(17(24)20-4-2)12-16-21-8-10-22(16)11-13-14(18)6-5-7-15(13)19/h3,5-8,10H,1,4,9,11-12H2,2H3,(H,20,24). The molecule has 0 aliphatic rings. The molecule has 1 heterocycles. The van der Waals surface area contributed by atoms with Gasteiger partial charge < -0.3 is 14.8 Å². The molecule has 0 atom stereocenters. The number of benzene rings is 1. The van der Waals surface area contributed by atoms with Crippen molar-refractivity contribution in [2.75, 3.05) is 13.1 Å². The van der Waals surface area contributed by atoms with Crippen LogP contribution in [0, 0.1) is 5.82 Å². The van der Waals surface area contributed by atoms with Crippen molar-refractivity contribution >= 4 is 17.6 Å². The molecular formula is C17H20ClFN4O. The zero-order valence-electron chi connectivity index (χ0n) is 13.5. The van der Waals surface area contributed by atoms with Crippen molar-refractivity contribution in [3.63, 3.8) is 0 Å². The molecule has 0 fully saturated rings. The molecule has 5 nitrogen and oxygen atoms in total. The molecule has 2 aromatic rings. The third-order valence-electron chi connectivity index (χ3n) is 3.49. The van der Waals surface area contributed by atoms with Crippen LogP contribution in [0.25, 0.3) is 0 Å². The first kappa shape index (κ1) is 18.0. The number of carbonyl (C=O) groups excluding carboxylic acids is 1. The first-order chi connectivity index (χ1) is 11.6. The Morgan fingerprint density at radius 3 is 3.00 bits per heavy atom. The smallest absolute Gasteiger partial charge is 0.318 e. The number of urea groups is 1. The Morgan fingerprint density at radius 2 is 2.33 bits per heavy atom. The molecule has 0 saturated heterocycles. The normalized spacial score (nSPS) is 10.5. The molecule has 2 amide bonds. The van der Waals surface area contributed by atoms with Crippen molar-refractivity contribution in [1.82, 2.24) is 19.8 Å². The van der Waals surface area contributed by atoms with Crippen LogP contribution in [-0.4, -0.2) is 33.6 Å². The number of imidazole rings is 1. The van der Waals surface area contributed by atoms with Crippen molar-refractivity contribution in [2.24, 2.45) is 0 Å². The van der Waals surface area contributed by atoms with E-state index in [-0.39, 0.29) is 24.9 Å². The largest absolute Gasteiger partial charge is 0.338 e. The van der Waals surface area contributed by atoms with Crippen LogP contribution in [-0.2, 0) is 13.1 Å². The fraction of sp³-hybridized carbons (Fsp3) is 0.294. The maximum atomic E-state index is 14.0. The van der Waals surface area contributed by atoms with E-state index in [2.05, 4.69) is 16.9 Å². The molecule has 2 rings (SSSR count). The van der Waals surface area contributed by atoms with Crippen LogP contribution >= 0.6 is 11.6 Å². The van der Waals surface area contributed by atoms with Gasteiger partial charge in [0.05, 0.1) is 13.1 Å². The zero-order valence-corrected chi connectivity index (χ0v) is 14.3. The second-order valence-corrected chi connectivity index (χ2v) is 5.58. The van der Waals surface area contributed by atoms with Gasteiger partial charge in [0.25, 0.3) is 0 Å². The number of nitrogens with zero attached hydrogens (tertiary/aromatic N) is 3. The maximum Gasteiger partial charge on any atom is 0.318 e. The Balaban J connectivity index is 2.20. The van der Waals surface area contributed by atoms with Gasteiger partial charge in [-0.3, -0.25) is 0 Å². The minimum absolute atomic E-state index is 0.198. The van der Waals surface area contributed by atoms with Gasteiger partial charge >= 0.3 is 6.03 Å². The predicted octanol–water partition coefficient (Wildman–Crippen LogP) is 3.44. The maximum absolute atomic E-state index is 14.0. The van der Waals surface area contributed by atoms with Crippen molar-refractivity contribution in [1.29, 1.82) is 0 Å². The summed E-state index contributed by atoms with van der Waals surface area (Å²) in [5.41, 5.74) is 0.395. The van der Waals surface area contributed by atoms with E-state index in [0.717, 1.165) is 0 Å². The molecule has 1 aromatic carbocycles. The van der Waals surface area contributed by atoms with E-state index in [0.29, 0.717) is 29.5 Å². The molecule has 0 aliphatic heterocycles. The average molecular weight is 351 g/mol. The quantitative estimate of drug-likeness (QED) is 0.778. The molecule has 0 saturated carbocycles. The summed E-state index contributed by atoms with van der Waals surface area (Å²) < 4.78 is 15.8. The van der Waals surface area contributed by atoms with Crippen LogP contribution in [0.4, 0.5) is 9.18 Å². The molecule has 7 heteroatoms. The van der Waals surface area contributed by atoms with Crippen LogP contribution in [0.2, 0.25) is 5.02 Å². The Morgan fingerprint density at radius 1 is 1.54 bits per heavy atom. The molecular weight excluding hydrogens is 331 g/mol. The average Bonchev–Trinajstić information content (AvgIpc) is 2.98. The fourth-order valence-electron chi connectivity index (χ4n) is 2.30. The molecule has 0 bridgehead atoms. The highest BCUT2D eigenvalue weighted by Gasteiger charge is 2.16. The van der Waals surface area contributed by atoms with Crippen LogP contribution in [0.3, 0.4) is 0 Å². The molecule has 0 aliphatic carbocycles. The number of hydrogen-bond donors (Lipinski definition) is 1. The number of hydrogen-bond acceptors (Lipinski definition) is 2. The molecule has 0 radical (unpaired) electrons. The van der Waals surface area contributed by atoms with Crippen molar-refractivity contribution in [3.05, 3.63) is 65.5 Å². The van der Waals surface area contributed by atoms with Crippen LogP contribution in [0.1, 0.15) is 18.3 Å². The summed E-state index contributed by atoms with van der Waals surface area (Å²) in [6.07, 6.45) is 5.01. The zero-order chi connectivity index (χ0) is 17.5. The number of nitrogens with one attached hydrogen (secondary N) is 1. The first-order valence-corrected chi connectivity index (χ1v) is 8.01. The van der Waals surface area contributed by atoms with Gasteiger partial charge in [-0.25, -0.2) is 14.2 Å². The summed E-state index contributed by atoms with van der Waals surface area (Å²) in [4.78, 5) is 17.9. The van der Waals surface area contributed by atoms with Gasteiger partial charge in [0.1, 0.15) is 11.6 Å². The van der Waals surface area contributed by atoms with E-state index in [9.17, 15) is 9.18 Å². The molecule has 24 heavy (non-hydrogen) atoms. The Kier molecular flexibility index (Phi) is 6.37. The van der Waals surface area contributed by atoms with E-state index in [1.165, 1.54) is 6.07 Å². The fourth-order valence-corrected chi connectivity index (χ4v) is 2.52. The number of carbonyl (C=O) groups is 1. The highest BCUT2D eigenvalue weighted by Crippen LogP contribution is 2.20. The minimum Gasteiger partial charge on any atom is -0.338 e. The highest BCUT2D eigenvalue weighted by atomic mass is 35.5. The third kappa shape index (κ3) is 4.35. The number of halogens is 2. The SMILES string of the molecule is C=CCN(Cc1nccn1Cc1c(F)cccc1Cl)C(=O)NCC. The molecule has 0 spiro atoms. The summed E-state index contributed by atoms with van der Waals surface area (Å²) in [6, 6.07) is 4.39. The van der Waals surface area contributed by atoms with Gasteiger partial charge in [-0.15, -0.1) is 6.58 Å². The van der Waals surface area contributed by atoms with Gasteiger partial charge in [-0.2, -0.15) is 0 Å². The van der Waals surface area contributed by atoms with Crippen LogP contribution in [0.5, 0.6) is 0 Å². The monoisotopic (exact) mass is 350 g/mol. The van der Waals surface area contributed by atoms with E-state index in [4.69, 9.17) is 11.6 Å². The molecule has 1 N–H and O–H groups in total. The van der Waals surface area contributed by atoms with Gasteiger partial charge in [0.2, 0.25) is 0 Å². The minimum atomic E-state index is -0.367. The molecule has 0 unspecified atom stereocenters. The molecule has 128 valence electrons. The lowest BCUT2D eigenvalue weighted by atomic mass is 10.2. The van der Waals surface area contributed by atoms with E-state index < -0.39 is 0 Å². The lowest BCUT2D eigenvalue weighted by Gasteiger charge is -2.21. The topological polar surface area (TPSA) is 50.2 Å². The van der Waals surface area contributed by atoms with E-state index in [1.807, 2.05) is 6.92 Å². The predicted molar refractivity (Wildman–Crippen MR) is 92.4 cm³/mol. The Hall–Kier alpha value is -2.34. The number of aromatic nitrogens is 2. The van der Waals surface area contributed by atoms with Gasteiger partial charge in [0, 0.05) is 36.1 Å². The second-order valence-electron chi connectivity index (χ2n) is 5.18. The summed E-state index contributed by atoms with van der Waals surface area (Å²) in [5.74, 6) is 0.274. The van der Waals surface area contributed by atoms with Crippen LogP contribution in [0.15, 0.2) is 43.2 Å². The van der Waals surface area contributed by atoms with Gasteiger partial charge in [-0.05, 0) is 19.1 Å². The summed E-state index contributed by atoms with van der Waals surface area (Å²) in [6.45, 7) is 6.98. The van der Waals surface area contributed by atoms with Crippen molar-refractivity contribution < 1.29 is 9.18 Å². The summed E-state index contributed by atoms with van der Waals surface area (Å²) >= 11 is 6.08. The van der Waals surface area contributed by atoms with Crippen LogP contribution < -0.4 is 5.32 Å². The van der Waals surface area contributed by atoms with Gasteiger partial charge in [-0.1, -0.05) is 23.7 Å². The van der Waals surface area contributed by atoms with Crippen molar-refractivity contribution in [2.45, 2.75) is 20.0 Å². The Bertz CT molecular complexity index is 696. The summed E-state index contributed by atoms with van der Waals surface area (Å²) in [5, 5.41) is 3.11. The van der Waals surface area contributed by atoms with E-state index in [1.54, 1.807) is 40.1 Å². The lowest BCUT2D eigenvalue weighted by Crippen LogP contribution is -2.40. The van der Waals surface area contributed by atoms with Gasteiger partial charge in [0.15, 0.2) is 0 Å². The Labute approximate surface area is 145 Å². The van der Waals surface area contributed by atoms with Crippen molar-refractivity contribution in [3.8, 4) is 0 Å². The highest BCUT2D eigenvalue weighted by molar-refractivity contribution is 6.31. The first-order valence-electron chi connectivity index (χ1n) is 7.63. The number of rotatable bonds is 7.